The highest BCUT2D eigenvalue weighted by Gasteiger charge is 2.30. The van der Waals surface area contributed by atoms with Crippen LogP contribution < -0.4 is 20.7 Å². The van der Waals surface area contributed by atoms with Crippen LogP contribution in [0.25, 0.3) is 0 Å². The number of carboxylic acid groups (broad SMARTS) is 1. The number of carbonyl (C=O) groups is 1. The summed E-state index contributed by atoms with van der Waals surface area (Å²) in [6.07, 6.45) is -1.83. The van der Waals surface area contributed by atoms with Gasteiger partial charge in [-0.2, -0.15) is 0 Å². The van der Waals surface area contributed by atoms with Gasteiger partial charge >= 0.3 is 11.7 Å². The predicted octanol–water partition coefficient (Wildman–Crippen LogP) is -0.413. The van der Waals surface area contributed by atoms with E-state index in [-0.39, 0.29) is 17.1 Å². The maximum atomic E-state index is 12.4. The molecule has 26 heavy (non-hydrogen) atoms. The zero-order chi connectivity index (χ0) is 19.8. The molecule has 2 rings (SSSR count). The van der Waals surface area contributed by atoms with Crippen LogP contribution in [0.1, 0.15) is 27.6 Å². The number of hydrogen-bond donors (Lipinski definition) is 3. The molecule has 0 fully saturated rings. The van der Waals surface area contributed by atoms with Gasteiger partial charge in [-0.15, -0.1) is 0 Å². The average Bonchev–Trinajstić information content (AvgIpc) is 2.63. The van der Waals surface area contributed by atoms with Gasteiger partial charge in [-0.1, -0.05) is 6.07 Å². The largest absolute Gasteiger partial charge is 0.494 e. The van der Waals surface area contributed by atoms with Gasteiger partial charge in [-0.3, -0.25) is 13.9 Å². The number of nitrogens with zero attached hydrogens (tertiary/aromatic N) is 2. The van der Waals surface area contributed by atoms with Gasteiger partial charge in [0.05, 0.1) is 14.2 Å². The molecule has 1 heterocycles. The van der Waals surface area contributed by atoms with Gasteiger partial charge in [0.25, 0.3) is 5.56 Å². The van der Waals surface area contributed by atoms with Gasteiger partial charge in [0.15, 0.2) is 11.5 Å². The van der Waals surface area contributed by atoms with Gasteiger partial charge in [-0.25, -0.2) is 9.59 Å². The molecule has 0 aliphatic heterocycles. The summed E-state index contributed by atoms with van der Waals surface area (Å²) < 4.78 is 11.6. The Kier molecular flexibility index (Phi) is 5.07. The van der Waals surface area contributed by atoms with Crippen molar-refractivity contribution in [1.82, 2.24) is 9.13 Å². The summed E-state index contributed by atoms with van der Waals surface area (Å²) in [5.41, 5.74) is -2.93. The second kappa shape index (κ2) is 6.92. The number of rotatable bonds is 5. The molecule has 1 aromatic carbocycles. The highest BCUT2D eigenvalue weighted by Crippen LogP contribution is 2.38. The van der Waals surface area contributed by atoms with Crippen LogP contribution in [-0.2, 0) is 14.1 Å². The van der Waals surface area contributed by atoms with Gasteiger partial charge < -0.3 is 24.8 Å². The lowest BCUT2D eigenvalue weighted by Gasteiger charge is -2.19. The number of aliphatic hydroxyl groups excluding tert-OH is 1. The smallest absolute Gasteiger partial charge is 0.340 e. The molecule has 0 radical (unpaired) electrons. The van der Waals surface area contributed by atoms with Crippen LogP contribution in [0.2, 0.25) is 0 Å². The number of aromatic carboxylic acids is 1. The Morgan fingerprint density at radius 3 is 2.23 bits per heavy atom. The van der Waals surface area contributed by atoms with E-state index in [0.29, 0.717) is 4.57 Å². The summed E-state index contributed by atoms with van der Waals surface area (Å²) in [5.74, 6) is -2.25. The summed E-state index contributed by atoms with van der Waals surface area (Å²) in [6, 6.07) is 2.59. The first-order valence-electron chi connectivity index (χ1n) is 7.32. The molecule has 10 heteroatoms. The second-order valence-corrected chi connectivity index (χ2v) is 5.42. The van der Waals surface area contributed by atoms with E-state index >= 15 is 0 Å². The molecule has 0 saturated carbocycles. The maximum absolute atomic E-state index is 12.4. The van der Waals surface area contributed by atoms with E-state index in [2.05, 4.69) is 0 Å². The third-order valence-electron chi connectivity index (χ3n) is 4.03. The highest BCUT2D eigenvalue weighted by atomic mass is 16.5. The first kappa shape index (κ1) is 19.1. The Hall–Kier alpha value is -3.27. The minimum absolute atomic E-state index is 0.110. The summed E-state index contributed by atoms with van der Waals surface area (Å²) in [7, 11) is 4.92. The molecular weight excluding hydrogens is 348 g/mol. The molecule has 1 atom stereocenters. The van der Waals surface area contributed by atoms with E-state index in [1.807, 2.05) is 0 Å². The Morgan fingerprint density at radius 1 is 1.12 bits per heavy atom. The molecule has 3 N–H and O–H groups in total. The monoisotopic (exact) mass is 366 g/mol. The number of hydrogen-bond acceptors (Lipinski definition) is 7. The molecule has 2 aromatic rings. The normalized spacial score (nSPS) is 11.9. The van der Waals surface area contributed by atoms with Crippen LogP contribution >= 0.6 is 0 Å². The summed E-state index contributed by atoms with van der Waals surface area (Å²) in [6.45, 7) is 0. The molecule has 0 aliphatic carbocycles. The lowest BCUT2D eigenvalue weighted by atomic mass is 9.96. The van der Waals surface area contributed by atoms with Gasteiger partial charge in [0.2, 0.25) is 5.88 Å². The molecule has 140 valence electrons. The zero-order valence-electron chi connectivity index (χ0n) is 14.5. The average molecular weight is 366 g/mol. The second-order valence-electron chi connectivity index (χ2n) is 5.42. The van der Waals surface area contributed by atoms with Crippen LogP contribution in [0.5, 0.6) is 17.4 Å². The van der Waals surface area contributed by atoms with Crippen molar-refractivity contribution in [2.75, 3.05) is 14.2 Å². The standard InChI is InChI=1S/C16H18N2O8/c1-17-13(20)10(14(21)18(2)16(17)24)11(19)7-5-6-8(25-3)12(26-4)9(7)15(22)23/h5-6,11,19-20H,1-4H3,(H,22,23)/t11-/m1/s1. The first-order chi connectivity index (χ1) is 12.2. The van der Waals surface area contributed by atoms with Crippen molar-refractivity contribution in [3.05, 3.63) is 49.7 Å². The number of methoxy groups -OCH3 is 2. The number of benzene rings is 1. The van der Waals surface area contributed by atoms with Crippen molar-refractivity contribution in [3.8, 4) is 17.4 Å². The molecule has 0 aliphatic rings. The molecule has 1 aromatic heterocycles. The quantitative estimate of drug-likeness (QED) is 0.648. The number of ether oxygens (including phenoxy) is 2. The van der Waals surface area contributed by atoms with Crippen molar-refractivity contribution in [3.63, 3.8) is 0 Å². The van der Waals surface area contributed by atoms with E-state index in [4.69, 9.17) is 9.47 Å². The molecule has 0 bridgehead atoms. The zero-order valence-corrected chi connectivity index (χ0v) is 14.5. The molecule has 0 amide bonds. The van der Waals surface area contributed by atoms with E-state index in [9.17, 15) is 29.7 Å². The van der Waals surface area contributed by atoms with E-state index in [1.54, 1.807) is 0 Å². The Morgan fingerprint density at radius 2 is 1.73 bits per heavy atom. The van der Waals surface area contributed by atoms with E-state index in [0.717, 1.165) is 4.57 Å². The van der Waals surface area contributed by atoms with Crippen LogP contribution in [0.4, 0.5) is 0 Å². The Bertz CT molecular complexity index is 989. The van der Waals surface area contributed by atoms with Gasteiger partial charge in [-0.05, 0) is 6.07 Å². The Balaban J connectivity index is 2.85. The van der Waals surface area contributed by atoms with Crippen molar-refractivity contribution >= 4 is 5.97 Å². The Labute approximate surface area is 147 Å². The number of aromatic nitrogens is 2. The van der Waals surface area contributed by atoms with Crippen molar-refractivity contribution in [2.45, 2.75) is 6.10 Å². The SMILES string of the molecule is COc1ccc([C@@H](O)c2c(O)n(C)c(=O)n(C)c2=O)c(C(=O)O)c1OC. The number of aliphatic hydroxyl groups is 1. The fourth-order valence-electron chi connectivity index (χ4n) is 2.64. The molecule has 0 unspecified atom stereocenters. The van der Waals surface area contributed by atoms with Gasteiger partial charge in [0, 0.05) is 19.7 Å². The van der Waals surface area contributed by atoms with Crippen molar-refractivity contribution < 1.29 is 29.6 Å². The molecule has 0 saturated heterocycles. The van der Waals surface area contributed by atoms with Crippen molar-refractivity contribution in [1.29, 1.82) is 0 Å². The number of carboxylic acids is 1. The van der Waals surface area contributed by atoms with Crippen molar-refractivity contribution in [2.24, 2.45) is 14.1 Å². The number of aromatic hydroxyl groups is 1. The lowest BCUT2D eigenvalue weighted by Crippen LogP contribution is -2.39. The molecule has 10 nitrogen and oxygen atoms in total. The maximum Gasteiger partial charge on any atom is 0.340 e. The summed E-state index contributed by atoms with van der Waals surface area (Å²) >= 11 is 0. The third kappa shape index (κ3) is 2.80. The highest BCUT2D eigenvalue weighted by molar-refractivity contribution is 5.94. The van der Waals surface area contributed by atoms with Crippen LogP contribution in [0.3, 0.4) is 0 Å². The molecular formula is C16H18N2O8. The summed E-state index contributed by atoms with van der Waals surface area (Å²) in [5, 5.41) is 30.4. The van der Waals surface area contributed by atoms with E-state index in [1.165, 1.54) is 40.4 Å². The fourth-order valence-corrected chi connectivity index (χ4v) is 2.64. The fraction of sp³-hybridized carbons (Fsp3) is 0.312. The predicted molar refractivity (Wildman–Crippen MR) is 89.2 cm³/mol. The van der Waals surface area contributed by atoms with Crippen LogP contribution in [-0.4, -0.2) is 44.6 Å². The first-order valence-corrected chi connectivity index (χ1v) is 7.32. The molecule has 0 spiro atoms. The van der Waals surface area contributed by atoms with Gasteiger partial charge in [0.1, 0.15) is 17.2 Å². The van der Waals surface area contributed by atoms with Crippen LogP contribution in [0.15, 0.2) is 21.7 Å². The minimum Gasteiger partial charge on any atom is -0.494 e. The topological polar surface area (TPSA) is 140 Å². The lowest BCUT2D eigenvalue weighted by molar-refractivity contribution is 0.0686. The van der Waals surface area contributed by atoms with E-state index < -0.39 is 40.3 Å². The minimum atomic E-state index is -1.83. The summed E-state index contributed by atoms with van der Waals surface area (Å²) in [4.78, 5) is 35.9. The van der Waals surface area contributed by atoms with Crippen LogP contribution in [0, 0.1) is 0 Å². The third-order valence-corrected chi connectivity index (χ3v) is 4.03.